The fraction of sp³-hybridized carbons (Fsp3) is 0.500. The molecule has 1 aromatic carbocycles. The smallest absolute Gasteiger partial charge is 0.243 e. The lowest BCUT2D eigenvalue weighted by molar-refractivity contribution is -0.119. The van der Waals surface area contributed by atoms with Gasteiger partial charge in [0.25, 0.3) is 0 Å². The zero-order valence-electron chi connectivity index (χ0n) is 11.0. The Hall–Kier alpha value is -1.06. The van der Waals surface area contributed by atoms with Crippen LogP contribution in [0.3, 0.4) is 0 Å². The van der Waals surface area contributed by atoms with Crippen LogP contribution < -0.4 is 10.2 Å². The van der Waals surface area contributed by atoms with Gasteiger partial charge in [0.1, 0.15) is 0 Å². The summed E-state index contributed by atoms with van der Waals surface area (Å²) in [5.41, 5.74) is 0.826. The number of amides is 1. The topological polar surface area (TPSA) is 32.3 Å². The highest BCUT2D eigenvalue weighted by Gasteiger charge is 2.33. The standard InChI is InChI=1S/C14H19ClN2O/c1-10-13(18)17(9-14(2,3)8-16-10)12-7-5-4-6-11(12)15/h4-7,10,16H,8-9H2,1-3H3. The Kier molecular flexibility index (Phi) is 3.64. The second-order valence-corrected chi connectivity index (χ2v) is 6.05. The summed E-state index contributed by atoms with van der Waals surface area (Å²) in [6.07, 6.45) is 0. The maximum Gasteiger partial charge on any atom is 0.243 e. The Bertz CT molecular complexity index is 459. The number of hydrogen-bond donors (Lipinski definition) is 1. The van der Waals surface area contributed by atoms with Crippen molar-refractivity contribution in [3.8, 4) is 0 Å². The minimum absolute atomic E-state index is 0.0274. The predicted octanol–water partition coefficient (Wildman–Crippen LogP) is 2.69. The SMILES string of the molecule is CC1NCC(C)(C)CN(c2ccccc2Cl)C1=O. The Morgan fingerprint density at radius 3 is 2.72 bits per heavy atom. The third-order valence-corrected chi connectivity index (χ3v) is 3.57. The van der Waals surface area contributed by atoms with E-state index in [-0.39, 0.29) is 17.4 Å². The number of anilines is 1. The van der Waals surface area contributed by atoms with Crippen molar-refractivity contribution in [2.45, 2.75) is 26.8 Å². The number of carbonyl (C=O) groups excluding carboxylic acids is 1. The molecule has 0 aliphatic carbocycles. The molecule has 0 aromatic heterocycles. The molecule has 0 saturated carbocycles. The molecule has 4 heteroatoms. The Morgan fingerprint density at radius 2 is 2.06 bits per heavy atom. The van der Waals surface area contributed by atoms with Crippen LogP contribution in [-0.4, -0.2) is 25.0 Å². The van der Waals surface area contributed by atoms with Gasteiger partial charge in [-0.3, -0.25) is 4.79 Å². The zero-order chi connectivity index (χ0) is 13.3. The van der Waals surface area contributed by atoms with Crippen LogP contribution in [0.25, 0.3) is 0 Å². The predicted molar refractivity (Wildman–Crippen MR) is 75.1 cm³/mol. The number of rotatable bonds is 1. The molecule has 2 rings (SSSR count). The molecule has 0 bridgehead atoms. The van der Waals surface area contributed by atoms with Crippen LogP contribution in [0.5, 0.6) is 0 Å². The summed E-state index contributed by atoms with van der Waals surface area (Å²) in [4.78, 5) is 14.2. The lowest BCUT2D eigenvalue weighted by atomic mass is 9.93. The highest BCUT2D eigenvalue weighted by Crippen LogP contribution is 2.30. The third kappa shape index (κ3) is 2.68. The first kappa shape index (κ1) is 13.4. The zero-order valence-corrected chi connectivity index (χ0v) is 11.8. The first-order chi connectivity index (χ1) is 8.41. The average Bonchev–Trinajstić information content (AvgIpc) is 2.42. The molecule has 1 fully saturated rings. The maximum atomic E-state index is 12.4. The Labute approximate surface area is 113 Å². The van der Waals surface area contributed by atoms with Gasteiger partial charge in [0.05, 0.1) is 16.8 Å². The molecule has 1 aliphatic heterocycles. The third-order valence-electron chi connectivity index (χ3n) is 3.25. The van der Waals surface area contributed by atoms with Crippen molar-refractivity contribution < 1.29 is 4.79 Å². The van der Waals surface area contributed by atoms with E-state index in [4.69, 9.17) is 11.6 Å². The van der Waals surface area contributed by atoms with E-state index in [0.717, 1.165) is 12.2 Å². The highest BCUT2D eigenvalue weighted by molar-refractivity contribution is 6.33. The summed E-state index contributed by atoms with van der Waals surface area (Å²) >= 11 is 6.20. The molecule has 0 radical (unpaired) electrons. The number of nitrogens with one attached hydrogen (secondary N) is 1. The number of hydrogen-bond acceptors (Lipinski definition) is 2. The van der Waals surface area contributed by atoms with Crippen LogP contribution in [-0.2, 0) is 4.79 Å². The molecule has 1 aliphatic rings. The number of benzene rings is 1. The molecule has 3 nitrogen and oxygen atoms in total. The maximum absolute atomic E-state index is 12.4. The minimum atomic E-state index is -0.178. The average molecular weight is 267 g/mol. The number of halogens is 1. The highest BCUT2D eigenvalue weighted by atomic mass is 35.5. The van der Waals surface area contributed by atoms with Gasteiger partial charge in [-0.05, 0) is 24.5 Å². The molecule has 0 spiro atoms. The van der Waals surface area contributed by atoms with Crippen LogP contribution in [0.1, 0.15) is 20.8 Å². The second-order valence-electron chi connectivity index (χ2n) is 5.64. The summed E-state index contributed by atoms with van der Waals surface area (Å²) in [5, 5.41) is 3.89. The van der Waals surface area contributed by atoms with E-state index < -0.39 is 0 Å². The van der Waals surface area contributed by atoms with E-state index in [1.165, 1.54) is 0 Å². The molecule has 1 N–H and O–H groups in total. The summed E-state index contributed by atoms with van der Waals surface area (Å²) in [6.45, 7) is 7.69. The molecule has 18 heavy (non-hydrogen) atoms. The molecule has 1 heterocycles. The van der Waals surface area contributed by atoms with Gasteiger partial charge in [-0.25, -0.2) is 0 Å². The van der Waals surface area contributed by atoms with Gasteiger partial charge in [-0.1, -0.05) is 37.6 Å². The molecule has 1 atom stereocenters. The lowest BCUT2D eigenvalue weighted by Crippen LogP contribution is -2.42. The summed E-state index contributed by atoms with van der Waals surface area (Å²) < 4.78 is 0. The van der Waals surface area contributed by atoms with Gasteiger partial charge >= 0.3 is 0 Å². The van der Waals surface area contributed by atoms with E-state index in [2.05, 4.69) is 19.2 Å². The molecule has 1 unspecified atom stereocenters. The van der Waals surface area contributed by atoms with Crippen molar-refractivity contribution in [2.75, 3.05) is 18.0 Å². The lowest BCUT2D eigenvalue weighted by Gasteiger charge is -2.29. The van der Waals surface area contributed by atoms with Gasteiger partial charge in [0.2, 0.25) is 5.91 Å². The molecule has 1 saturated heterocycles. The molecular formula is C14H19ClN2O. The van der Waals surface area contributed by atoms with Crippen molar-refractivity contribution in [3.05, 3.63) is 29.3 Å². The molecule has 1 amide bonds. The fourth-order valence-corrected chi connectivity index (χ4v) is 2.42. The van der Waals surface area contributed by atoms with Crippen LogP contribution in [0, 0.1) is 5.41 Å². The molecule has 1 aromatic rings. The number of nitrogens with zero attached hydrogens (tertiary/aromatic N) is 1. The van der Waals surface area contributed by atoms with Crippen LogP contribution in [0.2, 0.25) is 5.02 Å². The van der Waals surface area contributed by atoms with Gasteiger partial charge in [-0.2, -0.15) is 0 Å². The summed E-state index contributed by atoms with van der Waals surface area (Å²) in [5.74, 6) is 0.0775. The summed E-state index contributed by atoms with van der Waals surface area (Å²) in [6, 6.07) is 7.32. The monoisotopic (exact) mass is 266 g/mol. The van der Waals surface area contributed by atoms with Gasteiger partial charge in [0, 0.05) is 13.1 Å². The van der Waals surface area contributed by atoms with Crippen molar-refractivity contribution in [1.29, 1.82) is 0 Å². The number of carbonyl (C=O) groups is 1. The first-order valence-electron chi connectivity index (χ1n) is 6.20. The largest absolute Gasteiger partial charge is 0.309 e. The van der Waals surface area contributed by atoms with Crippen LogP contribution in [0.4, 0.5) is 5.69 Å². The Balaban J connectivity index is 2.40. The van der Waals surface area contributed by atoms with Crippen molar-refractivity contribution in [2.24, 2.45) is 5.41 Å². The Morgan fingerprint density at radius 1 is 1.39 bits per heavy atom. The quantitative estimate of drug-likeness (QED) is 0.848. The van der Waals surface area contributed by atoms with E-state index in [1.54, 1.807) is 4.90 Å². The van der Waals surface area contributed by atoms with Crippen LogP contribution >= 0.6 is 11.6 Å². The van der Waals surface area contributed by atoms with Gasteiger partial charge in [0.15, 0.2) is 0 Å². The van der Waals surface area contributed by atoms with E-state index in [9.17, 15) is 4.79 Å². The van der Waals surface area contributed by atoms with Crippen molar-refractivity contribution in [1.82, 2.24) is 5.32 Å². The molecular weight excluding hydrogens is 248 g/mol. The van der Waals surface area contributed by atoms with Gasteiger partial charge in [-0.15, -0.1) is 0 Å². The van der Waals surface area contributed by atoms with Crippen LogP contribution in [0.15, 0.2) is 24.3 Å². The van der Waals surface area contributed by atoms with E-state index in [0.29, 0.717) is 11.6 Å². The second kappa shape index (κ2) is 4.90. The van der Waals surface area contributed by atoms with E-state index in [1.807, 2.05) is 31.2 Å². The minimum Gasteiger partial charge on any atom is -0.309 e. The molecule has 98 valence electrons. The van der Waals surface area contributed by atoms with Gasteiger partial charge < -0.3 is 10.2 Å². The van der Waals surface area contributed by atoms with E-state index >= 15 is 0 Å². The van der Waals surface area contributed by atoms with Crippen molar-refractivity contribution >= 4 is 23.2 Å². The fourth-order valence-electron chi connectivity index (χ4n) is 2.19. The first-order valence-corrected chi connectivity index (χ1v) is 6.58. The summed E-state index contributed by atoms with van der Waals surface area (Å²) in [7, 11) is 0. The van der Waals surface area contributed by atoms with Crippen molar-refractivity contribution in [3.63, 3.8) is 0 Å². The number of para-hydroxylation sites is 1. The normalized spacial score (nSPS) is 23.9.